The van der Waals surface area contributed by atoms with Gasteiger partial charge in [0, 0.05) is 22.7 Å². The normalized spacial score (nSPS) is 10.3. The molecule has 0 unspecified atom stereocenters. The van der Waals surface area contributed by atoms with Crippen molar-refractivity contribution in [2.24, 2.45) is 0 Å². The quantitative estimate of drug-likeness (QED) is 0.199. The van der Waals surface area contributed by atoms with Crippen molar-refractivity contribution < 1.29 is 25.9 Å². The molecule has 0 spiro atoms. The van der Waals surface area contributed by atoms with Crippen molar-refractivity contribution >= 4 is 48.7 Å². The summed E-state index contributed by atoms with van der Waals surface area (Å²) in [7, 11) is -8.34. The summed E-state index contributed by atoms with van der Waals surface area (Å²) in [6.45, 7) is 4.00. The second-order valence-corrected chi connectivity index (χ2v) is 8.79. The maximum atomic E-state index is 10.6. The van der Waals surface area contributed by atoms with Crippen LogP contribution in [0.25, 0.3) is 0 Å². The molecule has 0 aliphatic rings. The zero-order chi connectivity index (χ0) is 25.8. The molecule has 0 radical (unpaired) electrons. The monoisotopic (exact) mass is 499 g/mol. The smallest absolute Gasteiger partial charge is 0.296 e. The minimum absolute atomic E-state index is 0.0216. The molecule has 182 valence electrons. The van der Waals surface area contributed by atoms with Crippen molar-refractivity contribution in [3.05, 3.63) is 66.7 Å². The molecule has 33 heavy (non-hydrogen) atoms. The molecule has 0 aliphatic carbocycles. The lowest BCUT2D eigenvalue weighted by atomic mass is 10.3. The standard InChI is InChI=1S/C6H8N2O3S.C6H8N2.C6H7NO3S.C2H6/c7-4-1-2-5(8)6(3-4)12(9,10)11;7-5-1-2-6(8)4-3-5;7-5-1-3-6(4-2-5)11(8,9)10;1-2/h1-3H,7-8H2,(H,9,10,11);1-4H,7-8H2;1-4H,7H2,(H,8,9,10);1-2H3. The first-order chi connectivity index (χ1) is 15.2. The van der Waals surface area contributed by atoms with Gasteiger partial charge in [0.2, 0.25) is 0 Å². The summed E-state index contributed by atoms with van der Waals surface area (Å²) >= 11 is 0. The van der Waals surface area contributed by atoms with E-state index in [4.69, 9.17) is 37.8 Å². The van der Waals surface area contributed by atoms with E-state index in [1.165, 1.54) is 36.4 Å². The van der Waals surface area contributed by atoms with Gasteiger partial charge in [0.05, 0.1) is 10.6 Å². The average molecular weight is 500 g/mol. The summed E-state index contributed by atoms with van der Waals surface area (Å²) in [5.41, 5.74) is 28.8. The van der Waals surface area contributed by atoms with Crippen LogP contribution in [0.15, 0.2) is 76.5 Å². The van der Waals surface area contributed by atoms with E-state index in [0.717, 1.165) is 17.4 Å². The van der Waals surface area contributed by atoms with Crippen molar-refractivity contribution in [3.63, 3.8) is 0 Å². The zero-order valence-corrected chi connectivity index (χ0v) is 19.7. The summed E-state index contributed by atoms with van der Waals surface area (Å²) in [6, 6.07) is 16.3. The van der Waals surface area contributed by atoms with Crippen LogP contribution in [0.1, 0.15) is 13.8 Å². The Morgan fingerprint density at radius 1 is 0.545 bits per heavy atom. The fourth-order valence-electron chi connectivity index (χ4n) is 1.91. The molecule has 0 atom stereocenters. The molecule has 3 rings (SSSR count). The second kappa shape index (κ2) is 13.1. The molecule has 0 bridgehead atoms. The van der Waals surface area contributed by atoms with E-state index in [2.05, 4.69) is 0 Å². The molecule has 0 heterocycles. The van der Waals surface area contributed by atoms with Crippen LogP contribution < -0.4 is 28.7 Å². The lowest BCUT2D eigenvalue weighted by Crippen LogP contribution is -2.03. The summed E-state index contributed by atoms with van der Waals surface area (Å²) in [6.07, 6.45) is 0. The van der Waals surface area contributed by atoms with Crippen LogP contribution in [0.2, 0.25) is 0 Å². The van der Waals surface area contributed by atoms with Crippen molar-refractivity contribution in [2.75, 3.05) is 28.7 Å². The molecule has 0 fully saturated rings. The van der Waals surface area contributed by atoms with Gasteiger partial charge < -0.3 is 28.7 Å². The second-order valence-electron chi connectivity index (χ2n) is 5.98. The molecule has 0 saturated heterocycles. The number of hydrogen-bond donors (Lipinski definition) is 7. The van der Waals surface area contributed by atoms with Gasteiger partial charge >= 0.3 is 0 Å². The van der Waals surface area contributed by atoms with Crippen LogP contribution in [0.4, 0.5) is 28.4 Å². The minimum Gasteiger partial charge on any atom is -0.399 e. The average Bonchev–Trinajstić information content (AvgIpc) is 2.73. The first-order valence-electron chi connectivity index (χ1n) is 9.26. The molecule has 3 aromatic rings. The van der Waals surface area contributed by atoms with Gasteiger partial charge in [-0.15, -0.1) is 0 Å². The van der Waals surface area contributed by atoms with Crippen LogP contribution in [0, 0.1) is 0 Å². The van der Waals surface area contributed by atoms with Crippen LogP contribution in [0.3, 0.4) is 0 Å². The highest BCUT2D eigenvalue weighted by Gasteiger charge is 2.13. The molecule has 3 aromatic carbocycles. The molecule has 11 nitrogen and oxygen atoms in total. The van der Waals surface area contributed by atoms with E-state index in [-0.39, 0.29) is 21.2 Å². The Balaban J connectivity index is 0.000000456. The maximum Gasteiger partial charge on any atom is 0.296 e. The lowest BCUT2D eigenvalue weighted by molar-refractivity contribution is 0.481. The Hall–Kier alpha value is -3.52. The molecule has 13 heteroatoms. The molecule has 0 aromatic heterocycles. The number of benzene rings is 3. The predicted octanol–water partition coefficient (Wildman–Crippen LogP) is 2.49. The highest BCUT2D eigenvalue weighted by molar-refractivity contribution is 7.86. The Bertz CT molecular complexity index is 1190. The molecule has 12 N–H and O–H groups in total. The number of nitrogen functional groups attached to an aromatic ring is 5. The first kappa shape index (κ1) is 29.5. The van der Waals surface area contributed by atoms with E-state index < -0.39 is 20.2 Å². The SMILES string of the molecule is CC.Nc1ccc(N)c(S(=O)(=O)O)c1.Nc1ccc(N)cc1.Nc1ccc(S(=O)(=O)O)cc1. The highest BCUT2D eigenvalue weighted by Crippen LogP contribution is 2.20. The summed E-state index contributed by atoms with van der Waals surface area (Å²) in [5.74, 6) is 0. The van der Waals surface area contributed by atoms with E-state index in [1.807, 2.05) is 13.8 Å². The van der Waals surface area contributed by atoms with E-state index >= 15 is 0 Å². The van der Waals surface area contributed by atoms with Gasteiger partial charge in [-0.25, -0.2) is 0 Å². The number of hydrogen-bond acceptors (Lipinski definition) is 9. The van der Waals surface area contributed by atoms with E-state index in [1.54, 1.807) is 24.3 Å². The van der Waals surface area contributed by atoms with Crippen LogP contribution >= 0.6 is 0 Å². The first-order valence-corrected chi connectivity index (χ1v) is 12.1. The Labute approximate surface area is 193 Å². The Morgan fingerprint density at radius 3 is 1.18 bits per heavy atom. The topological polar surface area (TPSA) is 239 Å². The Kier molecular flexibility index (Phi) is 11.7. The van der Waals surface area contributed by atoms with Crippen molar-refractivity contribution in [2.45, 2.75) is 23.6 Å². The molecule has 0 saturated carbocycles. The van der Waals surface area contributed by atoms with Crippen LogP contribution in [-0.4, -0.2) is 25.9 Å². The third-order valence-electron chi connectivity index (χ3n) is 3.43. The van der Waals surface area contributed by atoms with Gasteiger partial charge in [-0.2, -0.15) is 16.8 Å². The number of rotatable bonds is 2. The molecular weight excluding hydrogens is 470 g/mol. The third-order valence-corrected chi connectivity index (χ3v) is 5.21. The van der Waals surface area contributed by atoms with Gasteiger partial charge in [-0.1, -0.05) is 13.8 Å². The van der Waals surface area contributed by atoms with Crippen molar-refractivity contribution in [1.29, 1.82) is 0 Å². The summed E-state index contributed by atoms with van der Waals surface area (Å²) in [4.78, 5) is -0.505. The third kappa shape index (κ3) is 11.6. The van der Waals surface area contributed by atoms with Gasteiger partial charge in [0.25, 0.3) is 20.2 Å². The maximum absolute atomic E-state index is 10.6. The summed E-state index contributed by atoms with van der Waals surface area (Å²) in [5, 5.41) is 0. The van der Waals surface area contributed by atoms with Crippen molar-refractivity contribution in [1.82, 2.24) is 0 Å². The molecular formula is C20H29N5O6S2. The molecule has 0 aliphatic heterocycles. The zero-order valence-electron chi connectivity index (χ0n) is 18.1. The van der Waals surface area contributed by atoms with Gasteiger partial charge in [0.15, 0.2) is 0 Å². The summed E-state index contributed by atoms with van der Waals surface area (Å²) < 4.78 is 59.3. The largest absolute Gasteiger partial charge is 0.399 e. The van der Waals surface area contributed by atoms with Gasteiger partial charge in [0.1, 0.15) is 4.90 Å². The number of nitrogens with two attached hydrogens (primary N) is 5. The Morgan fingerprint density at radius 2 is 0.879 bits per heavy atom. The number of anilines is 5. The highest BCUT2D eigenvalue weighted by atomic mass is 32.2. The minimum atomic E-state index is -4.26. The van der Waals surface area contributed by atoms with E-state index in [9.17, 15) is 16.8 Å². The lowest BCUT2D eigenvalue weighted by Gasteiger charge is -2.02. The fraction of sp³-hybridized carbons (Fsp3) is 0.100. The van der Waals surface area contributed by atoms with E-state index in [0.29, 0.717) is 5.69 Å². The van der Waals surface area contributed by atoms with Gasteiger partial charge in [-0.3, -0.25) is 9.11 Å². The van der Waals surface area contributed by atoms with Gasteiger partial charge in [-0.05, 0) is 66.7 Å². The molecule has 0 amide bonds. The van der Waals surface area contributed by atoms with Crippen molar-refractivity contribution in [3.8, 4) is 0 Å². The van der Waals surface area contributed by atoms with Crippen LogP contribution in [-0.2, 0) is 20.2 Å². The predicted molar refractivity (Wildman–Crippen MR) is 132 cm³/mol. The fourth-order valence-corrected chi connectivity index (χ4v) is 3.04. The van der Waals surface area contributed by atoms with Crippen LogP contribution in [0.5, 0.6) is 0 Å².